The van der Waals surface area contributed by atoms with Crippen molar-refractivity contribution >= 4 is 5.97 Å². The first kappa shape index (κ1) is 11.1. The Labute approximate surface area is 93.2 Å². The third-order valence-corrected chi connectivity index (χ3v) is 2.91. The molecule has 1 aliphatic rings. The van der Waals surface area contributed by atoms with Gasteiger partial charge in [-0.2, -0.15) is 0 Å². The lowest BCUT2D eigenvalue weighted by Gasteiger charge is -2.41. The molecule has 1 aliphatic heterocycles. The van der Waals surface area contributed by atoms with E-state index in [1.165, 1.54) is 13.2 Å². The quantitative estimate of drug-likeness (QED) is 0.732. The fourth-order valence-corrected chi connectivity index (χ4v) is 1.94. The molecule has 16 heavy (non-hydrogen) atoms. The fourth-order valence-electron chi connectivity index (χ4n) is 1.94. The largest absolute Gasteiger partial charge is 0.469 e. The topological polar surface area (TPSA) is 35.5 Å². The van der Waals surface area contributed by atoms with Crippen LogP contribution in [0.2, 0.25) is 0 Å². The molecule has 0 bridgehead atoms. The highest BCUT2D eigenvalue weighted by Crippen LogP contribution is 2.37. The predicted molar refractivity (Wildman–Crippen MR) is 55.5 cm³/mol. The van der Waals surface area contributed by atoms with Crippen molar-refractivity contribution in [1.82, 2.24) is 0 Å². The van der Waals surface area contributed by atoms with Gasteiger partial charge in [0.05, 0.1) is 32.2 Å². The Bertz CT molecular complexity index is 399. The number of hydrogen-bond acceptors (Lipinski definition) is 3. The Morgan fingerprint density at radius 1 is 1.50 bits per heavy atom. The summed E-state index contributed by atoms with van der Waals surface area (Å²) in [6, 6.07) is 6.48. The molecule has 0 spiro atoms. The van der Waals surface area contributed by atoms with Crippen LogP contribution >= 0.6 is 0 Å². The molecule has 1 aromatic rings. The third kappa shape index (κ3) is 1.80. The molecule has 4 heteroatoms. The minimum Gasteiger partial charge on any atom is -0.469 e. The van der Waals surface area contributed by atoms with Gasteiger partial charge in [-0.25, -0.2) is 4.39 Å². The summed E-state index contributed by atoms with van der Waals surface area (Å²) in [5.74, 6) is -0.638. The number of rotatable bonds is 3. The molecule has 0 amide bonds. The smallest absolute Gasteiger partial charge is 0.306 e. The summed E-state index contributed by atoms with van der Waals surface area (Å²) in [6.07, 6.45) is 0.157. The number of hydrogen-bond donors (Lipinski definition) is 0. The zero-order valence-electron chi connectivity index (χ0n) is 9.03. The van der Waals surface area contributed by atoms with Crippen LogP contribution in [0.1, 0.15) is 12.0 Å². The Morgan fingerprint density at radius 3 is 2.69 bits per heavy atom. The van der Waals surface area contributed by atoms with Crippen LogP contribution in [0.4, 0.5) is 4.39 Å². The first-order valence-electron chi connectivity index (χ1n) is 5.07. The van der Waals surface area contributed by atoms with Crippen LogP contribution in [0.15, 0.2) is 24.3 Å². The average molecular weight is 224 g/mol. The van der Waals surface area contributed by atoms with Crippen LogP contribution in [-0.4, -0.2) is 26.3 Å². The van der Waals surface area contributed by atoms with Crippen molar-refractivity contribution in [1.29, 1.82) is 0 Å². The zero-order chi connectivity index (χ0) is 11.6. The Hall–Kier alpha value is -1.42. The van der Waals surface area contributed by atoms with Gasteiger partial charge in [0.15, 0.2) is 0 Å². The van der Waals surface area contributed by atoms with E-state index in [0.717, 1.165) is 0 Å². The van der Waals surface area contributed by atoms with E-state index in [-0.39, 0.29) is 18.2 Å². The van der Waals surface area contributed by atoms with E-state index in [1.54, 1.807) is 18.2 Å². The van der Waals surface area contributed by atoms with Gasteiger partial charge in [0, 0.05) is 0 Å². The highest BCUT2D eigenvalue weighted by molar-refractivity contribution is 5.71. The highest BCUT2D eigenvalue weighted by Gasteiger charge is 2.44. The molecule has 86 valence electrons. The molecule has 0 saturated carbocycles. The maximum absolute atomic E-state index is 13.7. The van der Waals surface area contributed by atoms with Crippen molar-refractivity contribution in [2.24, 2.45) is 0 Å². The molecule has 3 nitrogen and oxygen atoms in total. The highest BCUT2D eigenvalue weighted by atomic mass is 19.1. The second-order valence-corrected chi connectivity index (χ2v) is 4.01. The molecular weight excluding hydrogens is 211 g/mol. The van der Waals surface area contributed by atoms with E-state index < -0.39 is 5.41 Å². The van der Waals surface area contributed by atoms with Gasteiger partial charge in [0.2, 0.25) is 0 Å². The lowest BCUT2D eigenvalue weighted by molar-refractivity contribution is -0.149. The van der Waals surface area contributed by atoms with E-state index in [4.69, 9.17) is 4.74 Å². The summed E-state index contributed by atoms with van der Waals surface area (Å²) in [7, 11) is 1.33. The predicted octanol–water partition coefficient (Wildman–Crippen LogP) is 1.66. The number of carbonyl (C=O) groups excluding carboxylic acids is 1. The normalized spacial score (nSPS) is 17.6. The van der Waals surface area contributed by atoms with Crippen molar-refractivity contribution in [3.63, 3.8) is 0 Å². The van der Waals surface area contributed by atoms with E-state index >= 15 is 0 Å². The first-order valence-corrected chi connectivity index (χ1v) is 5.07. The van der Waals surface area contributed by atoms with Crippen LogP contribution in [0.25, 0.3) is 0 Å². The number of methoxy groups -OCH3 is 1. The van der Waals surface area contributed by atoms with Crippen molar-refractivity contribution < 1.29 is 18.7 Å². The number of halogens is 1. The molecule has 2 rings (SSSR count). The summed E-state index contributed by atoms with van der Waals surface area (Å²) in [5, 5.41) is 0. The van der Waals surface area contributed by atoms with Crippen molar-refractivity contribution in [2.75, 3.05) is 20.3 Å². The molecule has 0 atom stereocenters. The molecule has 0 unspecified atom stereocenters. The van der Waals surface area contributed by atoms with Crippen LogP contribution in [0.5, 0.6) is 0 Å². The van der Waals surface area contributed by atoms with Crippen molar-refractivity contribution in [2.45, 2.75) is 11.8 Å². The summed E-state index contributed by atoms with van der Waals surface area (Å²) in [5.41, 5.74) is -0.00928. The third-order valence-electron chi connectivity index (χ3n) is 2.91. The number of esters is 1. The fraction of sp³-hybridized carbons (Fsp3) is 0.417. The van der Waals surface area contributed by atoms with E-state index in [9.17, 15) is 9.18 Å². The van der Waals surface area contributed by atoms with Crippen LogP contribution < -0.4 is 0 Å². The Balaban J connectivity index is 2.28. The van der Waals surface area contributed by atoms with Gasteiger partial charge < -0.3 is 9.47 Å². The van der Waals surface area contributed by atoms with Gasteiger partial charge >= 0.3 is 5.97 Å². The summed E-state index contributed by atoms with van der Waals surface area (Å²) in [6.45, 7) is 0.728. The molecule has 1 heterocycles. The van der Waals surface area contributed by atoms with Crippen molar-refractivity contribution in [3.05, 3.63) is 35.6 Å². The van der Waals surface area contributed by atoms with Gasteiger partial charge in [0.1, 0.15) is 5.82 Å². The lowest BCUT2D eigenvalue weighted by atomic mass is 9.75. The Kier molecular flexibility index (Phi) is 2.92. The molecule has 0 aromatic heterocycles. The zero-order valence-corrected chi connectivity index (χ0v) is 9.03. The van der Waals surface area contributed by atoms with Crippen LogP contribution in [-0.2, 0) is 19.7 Å². The molecule has 1 fully saturated rings. The molecule has 1 saturated heterocycles. The second-order valence-electron chi connectivity index (χ2n) is 4.01. The van der Waals surface area contributed by atoms with E-state index in [2.05, 4.69) is 4.74 Å². The van der Waals surface area contributed by atoms with Gasteiger partial charge in [-0.3, -0.25) is 4.79 Å². The monoisotopic (exact) mass is 224 g/mol. The number of benzene rings is 1. The summed E-state index contributed by atoms with van der Waals surface area (Å²) in [4.78, 5) is 11.3. The van der Waals surface area contributed by atoms with Crippen LogP contribution in [0.3, 0.4) is 0 Å². The molecule has 0 aliphatic carbocycles. The lowest BCUT2D eigenvalue weighted by Crippen LogP contribution is -2.49. The molecule has 0 radical (unpaired) electrons. The van der Waals surface area contributed by atoms with Crippen molar-refractivity contribution in [3.8, 4) is 0 Å². The second kappa shape index (κ2) is 4.22. The standard InChI is InChI=1S/C12H13FO3/c1-15-11(14)6-12(7-16-8-12)9-4-2-3-5-10(9)13/h2-5H,6-8H2,1H3. The molecular formula is C12H13FO3. The van der Waals surface area contributed by atoms with Crippen LogP contribution in [0, 0.1) is 5.82 Å². The SMILES string of the molecule is COC(=O)CC1(c2ccccc2F)COC1. The minimum absolute atomic E-state index is 0.157. The number of carbonyl (C=O) groups is 1. The minimum atomic E-state index is -0.543. The van der Waals surface area contributed by atoms with E-state index in [0.29, 0.717) is 18.8 Å². The molecule has 1 aromatic carbocycles. The number of ether oxygens (including phenoxy) is 2. The van der Waals surface area contributed by atoms with Gasteiger partial charge in [-0.1, -0.05) is 18.2 Å². The van der Waals surface area contributed by atoms with Gasteiger partial charge in [-0.05, 0) is 11.6 Å². The summed E-state index contributed by atoms with van der Waals surface area (Å²) >= 11 is 0. The molecule has 0 N–H and O–H groups in total. The first-order chi connectivity index (χ1) is 7.68. The van der Waals surface area contributed by atoms with E-state index in [1.807, 2.05) is 0 Å². The van der Waals surface area contributed by atoms with Gasteiger partial charge in [0.25, 0.3) is 0 Å². The Morgan fingerprint density at radius 2 is 2.19 bits per heavy atom. The maximum atomic E-state index is 13.7. The maximum Gasteiger partial charge on any atom is 0.306 e. The average Bonchev–Trinajstić information content (AvgIpc) is 2.24. The summed E-state index contributed by atoms with van der Waals surface area (Å²) < 4.78 is 23.4. The van der Waals surface area contributed by atoms with Gasteiger partial charge in [-0.15, -0.1) is 0 Å².